The van der Waals surface area contributed by atoms with Gasteiger partial charge in [-0.2, -0.15) is 18.3 Å². The van der Waals surface area contributed by atoms with E-state index < -0.39 is 65.7 Å². The number of aliphatic hydroxyl groups is 2. The highest BCUT2D eigenvalue weighted by Crippen LogP contribution is 2.42. The molecule has 1 amide bonds. The molecule has 0 bridgehead atoms. The second kappa shape index (κ2) is 9.54. The van der Waals surface area contributed by atoms with Crippen LogP contribution in [0.3, 0.4) is 0 Å². The van der Waals surface area contributed by atoms with Gasteiger partial charge in [0.25, 0.3) is 5.91 Å². The van der Waals surface area contributed by atoms with Gasteiger partial charge in [0.1, 0.15) is 0 Å². The van der Waals surface area contributed by atoms with E-state index in [0.717, 1.165) is 4.68 Å². The summed E-state index contributed by atoms with van der Waals surface area (Å²) in [6, 6.07) is 3.79. The van der Waals surface area contributed by atoms with Crippen LogP contribution in [-0.4, -0.2) is 61.5 Å². The average Bonchev–Trinajstić information content (AvgIpc) is 3.15. The monoisotopic (exact) mass is 512 g/mol. The number of amides is 1. The Hall–Kier alpha value is -3.45. The number of Topliss-reactive ketones (excluding diaryl/α,β-unsaturated/α-hetero) is 1. The number of nitrogens with two attached hydrogens (primary N) is 1. The van der Waals surface area contributed by atoms with Crippen LogP contribution in [0, 0.1) is 5.41 Å². The number of carboxylic acid groups (broad SMARTS) is 1. The van der Waals surface area contributed by atoms with E-state index in [1.807, 2.05) is 0 Å². The minimum atomic E-state index is -4.89. The predicted molar refractivity (Wildman–Crippen MR) is 121 cm³/mol. The Balaban J connectivity index is 2.19. The third kappa shape index (κ3) is 5.36. The van der Waals surface area contributed by atoms with Crippen LogP contribution in [0.1, 0.15) is 65.2 Å². The highest BCUT2D eigenvalue weighted by Gasteiger charge is 2.45. The molecule has 0 radical (unpaired) electrons. The van der Waals surface area contributed by atoms with Gasteiger partial charge in [0.05, 0.1) is 41.3 Å². The number of primary amides is 1. The predicted octanol–water partition coefficient (Wildman–Crippen LogP) is 2.15. The zero-order chi connectivity index (χ0) is 27.1. The SMILES string of the molecule is CC1(C)CC(=O)c2c(C(F)(F)F)nn(-c3ccc(C(N)=O)c(NC(CO)(CO)CCC(=O)O)c3)c2C1. The zero-order valence-corrected chi connectivity index (χ0v) is 19.6. The van der Waals surface area contributed by atoms with E-state index in [1.165, 1.54) is 18.2 Å². The summed E-state index contributed by atoms with van der Waals surface area (Å²) in [4.78, 5) is 35.8. The first kappa shape index (κ1) is 27.1. The molecule has 0 fully saturated rings. The van der Waals surface area contributed by atoms with Gasteiger partial charge < -0.3 is 26.4 Å². The summed E-state index contributed by atoms with van der Waals surface area (Å²) >= 11 is 0. The van der Waals surface area contributed by atoms with E-state index in [4.69, 9.17) is 10.8 Å². The van der Waals surface area contributed by atoms with Crippen molar-refractivity contribution in [3.63, 3.8) is 0 Å². The van der Waals surface area contributed by atoms with Crippen LogP contribution in [0.4, 0.5) is 18.9 Å². The molecular weight excluding hydrogens is 485 g/mol. The van der Waals surface area contributed by atoms with Crippen LogP contribution in [0.25, 0.3) is 5.69 Å². The van der Waals surface area contributed by atoms with Crippen LogP contribution in [-0.2, 0) is 17.4 Å². The largest absolute Gasteiger partial charge is 0.481 e. The number of aromatic nitrogens is 2. The number of anilines is 1. The molecule has 1 aromatic heterocycles. The summed E-state index contributed by atoms with van der Waals surface area (Å²) in [5, 5.41) is 35.3. The fourth-order valence-electron chi connectivity index (χ4n) is 4.32. The number of nitrogens with zero attached hydrogens (tertiary/aromatic N) is 2. The third-order valence-electron chi connectivity index (χ3n) is 6.15. The Kier molecular flexibility index (Phi) is 7.19. The van der Waals surface area contributed by atoms with Crippen molar-refractivity contribution in [3.05, 3.63) is 40.7 Å². The van der Waals surface area contributed by atoms with Gasteiger partial charge in [0, 0.05) is 18.5 Å². The van der Waals surface area contributed by atoms with E-state index in [1.54, 1.807) is 13.8 Å². The Morgan fingerprint density at radius 3 is 2.36 bits per heavy atom. The van der Waals surface area contributed by atoms with Crippen molar-refractivity contribution >= 4 is 23.3 Å². The van der Waals surface area contributed by atoms with Gasteiger partial charge in [-0.05, 0) is 36.5 Å². The number of hydrogen-bond donors (Lipinski definition) is 5. The number of aliphatic hydroxyl groups excluding tert-OH is 2. The summed E-state index contributed by atoms with van der Waals surface area (Å²) < 4.78 is 42.3. The van der Waals surface area contributed by atoms with Gasteiger partial charge >= 0.3 is 12.1 Å². The first-order valence-corrected chi connectivity index (χ1v) is 11.0. The number of carboxylic acids is 1. The number of benzene rings is 1. The molecule has 1 aliphatic carbocycles. The van der Waals surface area contributed by atoms with Gasteiger partial charge in [-0.15, -0.1) is 0 Å². The summed E-state index contributed by atoms with van der Waals surface area (Å²) in [6.07, 6.45) is -5.52. The Bertz CT molecular complexity index is 1200. The van der Waals surface area contributed by atoms with Crippen molar-refractivity contribution in [2.45, 2.75) is 51.2 Å². The van der Waals surface area contributed by atoms with Gasteiger partial charge in [0.15, 0.2) is 11.5 Å². The maximum absolute atomic E-state index is 13.8. The Morgan fingerprint density at radius 1 is 1.19 bits per heavy atom. The summed E-state index contributed by atoms with van der Waals surface area (Å²) in [7, 11) is 0. The molecule has 0 spiro atoms. The number of halogens is 3. The molecule has 3 rings (SSSR count). The van der Waals surface area contributed by atoms with Crippen LogP contribution >= 0.6 is 0 Å². The number of hydrogen-bond acceptors (Lipinski definition) is 7. The van der Waals surface area contributed by atoms with Crippen molar-refractivity contribution in [3.8, 4) is 5.69 Å². The molecule has 0 saturated heterocycles. The Labute approximate surface area is 203 Å². The zero-order valence-electron chi connectivity index (χ0n) is 19.6. The number of ketones is 1. The first-order valence-electron chi connectivity index (χ1n) is 11.0. The number of nitrogens with one attached hydrogen (secondary N) is 1. The number of fused-ring (bicyclic) bond motifs is 1. The lowest BCUT2D eigenvalue weighted by Gasteiger charge is -2.33. The van der Waals surface area contributed by atoms with E-state index in [0.29, 0.717) is 0 Å². The number of carbonyl (C=O) groups excluding carboxylic acids is 2. The molecule has 196 valence electrons. The molecule has 1 heterocycles. The van der Waals surface area contributed by atoms with Crippen LogP contribution < -0.4 is 11.1 Å². The average molecular weight is 512 g/mol. The van der Waals surface area contributed by atoms with Crippen molar-refractivity contribution in [2.75, 3.05) is 18.5 Å². The number of carbonyl (C=O) groups is 3. The molecule has 13 heteroatoms. The third-order valence-corrected chi connectivity index (χ3v) is 6.15. The van der Waals surface area contributed by atoms with Crippen molar-refractivity contribution in [1.82, 2.24) is 9.78 Å². The van der Waals surface area contributed by atoms with E-state index in [-0.39, 0.29) is 41.9 Å². The van der Waals surface area contributed by atoms with Crippen molar-refractivity contribution in [1.29, 1.82) is 0 Å². The van der Waals surface area contributed by atoms with Crippen LogP contribution in [0.5, 0.6) is 0 Å². The van der Waals surface area contributed by atoms with E-state index in [2.05, 4.69) is 10.4 Å². The number of aliphatic carboxylic acids is 1. The standard InChI is InChI=1S/C23H27F3N4O6/c1-21(2)8-15-18(16(33)9-21)19(23(24,25)26)29-30(15)12-3-4-13(20(27)36)14(7-12)28-22(10-31,11-32)6-5-17(34)35/h3-4,7,28,31-32H,5-6,8-11H2,1-2H3,(H2,27,36)(H,34,35). The highest BCUT2D eigenvalue weighted by atomic mass is 19.4. The smallest absolute Gasteiger partial charge is 0.435 e. The highest BCUT2D eigenvalue weighted by molar-refractivity contribution is 6.00. The van der Waals surface area contributed by atoms with Crippen LogP contribution in [0.15, 0.2) is 18.2 Å². The van der Waals surface area contributed by atoms with Gasteiger partial charge in [0.2, 0.25) is 0 Å². The molecule has 1 aliphatic rings. The van der Waals surface area contributed by atoms with Gasteiger partial charge in [-0.1, -0.05) is 13.8 Å². The summed E-state index contributed by atoms with van der Waals surface area (Å²) in [5.74, 6) is -2.79. The fraction of sp³-hybridized carbons (Fsp3) is 0.478. The normalized spacial score (nSPS) is 15.5. The number of alkyl halides is 3. The lowest BCUT2D eigenvalue weighted by molar-refractivity contribution is -0.141. The topological polar surface area (TPSA) is 168 Å². The lowest BCUT2D eigenvalue weighted by Crippen LogP contribution is -2.46. The summed E-state index contributed by atoms with van der Waals surface area (Å²) in [6.45, 7) is 2.05. The molecule has 10 nitrogen and oxygen atoms in total. The quantitative estimate of drug-likeness (QED) is 0.341. The molecule has 36 heavy (non-hydrogen) atoms. The molecule has 0 saturated carbocycles. The van der Waals surface area contributed by atoms with Gasteiger partial charge in [-0.3, -0.25) is 14.4 Å². The van der Waals surface area contributed by atoms with E-state index >= 15 is 0 Å². The molecule has 0 unspecified atom stereocenters. The minimum absolute atomic E-state index is 0.0581. The molecule has 6 N–H and O–H groups in total. The Morgan fingerprint density at radius 2 is 1.83 bits per heavy atom. The van der Waals surface area contributed by atoms with Crippen molar-refractivity contribution in [2.24, 2.45) is 11.1 Å². The van der Waals surface area contributed by atoms with Crippen LogP contribution in [0.2, 0.25) is 0 Å². The van der Waals surface area contributed by atoms with Gasteiger partial charge in [-0.25, -0.2) is 4.68 Å². The summed E-state index contributed by atoms with van der Waals surface area (Å²) in [5.41, 5.74) is 1.35. The van der Waals surface area contributed by atoms with Crippen molar-refractivity contribution < 1.29 is 42.9 Å². The van der Waals surface area contributed by atoms with E-state index in [9.17, 15) is 37.8 Å². The first-order chi connectivity index (χ1) is 16.6. The molecule has 0 aliphatic heterocycles. The lowest BCUT2D eigenvalue weighted by atomic mass is 9.75. The number of rotatable bonds is 9. The second-order valence-corrected chi connectivity index (χ2v) is 9.73. The minimum Gasteiger partial charge on any atom is -0.481 e. The molecule has 1 aromatic carbocycles. The molecule has 2 aromatic rings. The fourth-order valence-corrected chi connectivity index (χ4v) is 4.32. The molecule has 0 atom stereocenters. The molecular formula is C23H27F3N4O6. The maximum atomic E-state index is 13.8. The maximum Gasteiger partial charge on any atom is 0.435 e. The second-order valence-electron chi connectivity index (χ2n) is 9.73.